The summed E-state index contributed by atoms with van der Waals surface area (Å²) < 4.78 is 3.01. The van der Waals surface area contributed by atoms with E-state index < -0.39 is 0 Å². The maximum atomic E-state index is 13.5. The van der Waals surface area contributed by atoms with Gasteiger partial charge in [-0.05, 0) is 69.5 Å². The second kappa shape index (κ2) is 8.57. The first kappa shape index (κ1) is 22.1. The Bertz CT molecular complexity index is 1310. The summed E-state index contributed by atoms with van der Waals surface area (Å²) in [4.78, 5) is 26.6. The van der Waals surface area contributed by atoms with Gasteiger partial charge in [-0.3, -0.25) is 4.79 Å². The number of H-pyrrole nitrogens is 1. The molecule has 0 radical (unpaired) electrons. The number of likely N-dealkylation sites (N-methyl/N-ethyl adjacent to an activating group) is 1. The first-order chi connectivity index (χ1) is 15.8. The van der Waals surface area contributed by atoms with Crippen LogP contribution in [0, 0.1) is 6.92 Å². The second-order valence-corrected chi connectivity index (χ2v) is 10.8. The minimum absolute atomic E-state index is 0.173. The summed E-state index contributed by atoms with van der Waals surface area (Å²) in [5, 5.41) is 4.34. The van der Waals surface area contributed by atoms with Gasteiger partial charge < -0.3 is 14.8 Å². The summed E-state index contributed by atoms with van der Waals surface area (Å²) in [5.74, 6) is 0.492. The molecule has 1 fully saturated rings. The van der Waals surface area contributed by atoms with Crippen molar-refractivity contribution < 1.29 is 4.79 Å². The molecule has 7 nitrogen and oxygen atoms in total. The number of carbonyl (C=O) groups is 1. The molecule has 4 aromatic heterocycles. The standard InChI is InChI=1S/C25H32N6OS/c1-15(2)21-22(17-10-16(3)24-26-14-27-31(24)12-17)28-19-11-20(33-23(19)21)25(32)30-9-7-6-8-18(30)13-29(4)5/h10-12,14-15,18,28H,6-9,13H2,1-5H3. The fourth-order valence-corrected chi connectivity index (χ4v) is 6.40. The van der Waals surface area contributed by atoms with Gasteiger partial charge in [0, 0.05) is 30.9 Å². The number of aryl methyl sites for hydroxylation is 1. The van der Waals surface area contributed by atoms with Gasteiger partial charge >= 0.3 is 0 Å². The number of thiophene rings is 1. The van der Waals surface area contributed by atoms with E-state index in [1.807, 2.05) is 10.7 Å². The number of rotatable bonds is 5. The minimum Gasteiger partial charge on any atom is -0.354 e. The van der Waals surface area contributed by atoms with Gasteiger partial charge in [0.1, 0.15) is 6.33 Å². The molecule has 0 bridgehead atoms. The molecule has 33 heavy (non-hydrogen) atoms. The van der Waals surface area contributed by atoms with Crippen LogP contribution in [0.5, 0.6) is 0 Å². The topological polar surface area (TPSA) is 69.5 Å². The van der Waals surface area contributed by atoms with Gasteiger partial charge in [0.2, 0.25) is 0 Å². The van der Waals surface area contributed by atoms with E-state index in [1.54, 1.807) is 17.7 Å². The summed E-state index contributed by atoms with van der Waals surface area (Å²) >= 11 is 1.63. The van der Waals surface area contributed by atoms with Crippen LogP contribution in [-0.4, -0.2) is 68.5 Å². The average Bonchev–Trinajstić information content (AvgIpc) is 3.47. The fourth-order valence-electron chi connectivity index (χ4n) is 5.13. The minimum atomic E-state index is 0.173. The molecule has 4 aromatic rings. The summed E-state index contributed by atoms with van der Waals surface area (Å²) in [6.07, 6.45) is 6.99. The molecule has 1 unspecified atom stereocenters. The third-order valence-corrected chi connectivity index (χ3v) is 7.76. The van der Waals surface area contributed by atoms with Crippen molar-refractivity contribution in [2.75, 3.05) is 27.2 Å². The van der Waals surface area contributed by atoms with E-state index in [9.17, 15) is 4.79 Å². The highest BCUT2D eigenvalue weighted by atomic mass is 32.1. The highest BCUT2D eigenvalue weighted by Gasteiger charge is 2.30. The molecule has 5 heterocycles. The van der Waals surface area contributed by atoms with Crippen molar-refractivity contribution in [3.63, 3.8) is 0 Å². The number of likely N-dealkylation sites (tertiary alicyclic amines) is 1. The van der Waals surface area contributed by atoms with Gasteiger partial charge in [0.25, 0.3) is 5.91 Å². The summed E-state index contributed by atoms with van der Waals surface area (Å²) in [6.45, 7) is 8.26. The molecule has 0 aliphatic carbocycles. The van der Waals surface area contributed by atoms with Gasteiger partial charge in [-0.25, -0.2) is 9.50 Å². The van der Waals surface area contributed by atoms with E-state index in [0.717, 1.165) is 58.8 Å². The lowest BCUT2D eigenvalue weighted by atomic mass is 9.99. The molecule has 0 saturated carbocycles. The zero-order valence-corrected chi connectivity index (χ0v) is 20.9. The molecular weight excluding hydrogens is 432 g/mol. The lowest BCUT2D eigenvalue weighted by Crippen LogP contribution is -2.48. The van der Waals surface area contributed by atoms with Crippen LogP contribution in [0.4, 0.5) is 0 Å². The molecule has 0 aromatic carbocycles. The Morgan fingerprint density at radius 1 is 1.30 bits per heavy atom. The van der Waals surface area contributed by atoms with Crippen molar-refractivity contribution in [2.45, 2.75) is 52.0 Å². The van der Waals surface area contributed by atoms with Gasteiger partial charge in [-0.2, -0.15) is 5.10 Å². The number of nitrogens with zero attached hydrogens (tertiary/aromatic N) is 5. The Morgan fingerprint density at radius 2 is 2.12 bits per heavy atom. The molecule has 1 aliphatic rings. The van der Waals surface area contributed by atoms with Crippen molar-refractivity contribution >= 4 is 33.1 Å². The van der Waals surface area contributed by atoms with Crippen LogP contribution in [0.3, 0.4) is 0 Å². The number of aromatic amines is 1. The average molecular weight is 465 g/mol. The highest BCUT2D eigenvalue weighted by Crippen LogP contribution is 2.40. The summed E-state index contributed by atoms with van der Waals surface area (Å²) in [6, 6.07) is 4.51. The third kappa shape index (κ3) is 3.95. The van der Waals surface area contributed by atoms with Crippen molar-refractivity contribution in [2.24, 2.45) is 0 Å². The SMILES string of the molecule is Cc1cc(-c2[nH]c3cc(C(=O)N4CCCCC4CN(C)C)sc3c2C(C)C)cn2ncnc12. The van der Waals surface area contributed by atoms with E-state index in [1.165, 1.54) is 16.7 Å². The number of nitrogens with one attached hydrogen (secondary N) is 1. The van der Waals surface area contributed by atoms with Crippen molar-refractivity contribution in [1.82, 2.24) is 29.4 Å². The molecule has 174 valence electrons. The number of carbonyl (C=O) groups excluding carboxylic acids is 1. The molecule has 1 N–H and O–H groups in total. The number of fused-ring (bicyclic) bond motifs is 2. The molecule has 1 atom stereocenters. The molecule has 0 spiro atoms. The van der Waals surface area contributed by atoms with Gasteiger partial charge in [0.15, 0.2) is 5.65 Å². The van der Waals surface area contributed by atoms with Crippen molar-refractivity contribution in [1.29, 1.82) is 0 Å². The van der Waals surface area contributed by atoms with E-state index in [-0.39, 0.29) is 5.91 Å². The van der Waals surface area contributed by atoms with Crippen LogP contribution >= 0.6 is 11.3 Å². The second-order valence-electron chi connectivity index (χ2n) is 9.77. The number of piperidine rings is 1. The molecular formula is C25H32N6OS. The van der Waals surface area contributed by atoms with Crippen LogP contribution in [0.25, 0.3) is 27.1 Å². The molecule has 1 aliphatic heterocycles. The Hall–Kier alpha value is -2.71. The summed E-state index contributed by atoms with van der Waals surface area (Å²) in [7, 11) is 4.17. The van der Waals surface area contributed by atoms with Gasteiger partial charge in [-0.15, -0.1) is 11.3 Å². The monoisotopic (exact) mass is 464 g/mol. The summed E-state index contributed by atoms with van der Waals surface area (Å²) in [5.41, 5.74) is 6.46. The molecule has 1 saturated heterocycles. The predicted molar refractivity (Wildman–Crippen MR) is 134 cm³/mol. The lowest BCUT2D eigenvalue weighted by molar-refractivity contribution is 0.0580. The van der Waals surface area contributed by atoms with Crippen LogP contribution in [0.1, 0.15) is 59.8 Å². The maximum absolute atomic E-state index is 13.5. The zero-order valence-electron chi connectivity index (χ0n) is 20.1. The van der Waals surface area contributed by atoms with E-state index in [0.29, 0.717) is 12.0 Å². The number of hydrogen-bond donors (Lipinski definition) is 1. The number of pyridine rings is 1. The fraction of sp³-hybridized carbons (Fsp3) is 0.480. The Labute approximate surface area is 198 Å². The van der Waals surface area contributed by atoms with Crippen LogP contribution < -0.4 is 0 Å². The van der Waals surface area contributed by atoms with Crippen LogP contribution in [0.15, 0.2) is 24.7 Å². The Balaban J connectivity index is 1.54. The van der Waals surface area contributed by atoms with Crippen LogP contribution in [-0.2, 0) is 0 Å². The van der Waals surface area contributed by atoms with E-state index >= 15 is 0 Å². The molecule has 5 rings (SSSR count). The smallest absolute Gasteiger partial charge is 0.264 e. The predicted octanol–water partition coefficient (Wildman–Crippen LogP) is 4.93. The Kier molecular flexibility index (Phi) is 5.74. The number of hydrogen-bond acceptors (Lipinski definition) is 5. The first-order valence-electron chi connectivity index (χ1n) is 11.7. The maximum Gasteiger partial charge on any atom is 0.264 e. The largest absolute Gasteiger partial charge is 0.354 e. The highest BCUT2D eigenvalue weighted by molar-refractivity contribution is 7.21. The number of amides is 1. The van der Waals surface area contributed by atoms with Crippen LogP contribution in [0.2, 0.25) is 0 Å². The molecule has 1 amide bonds. The first-order valence-corrected chi connectivity index (χ1v) is 12.6. The van der Waals surface area contributed by atoms with Gasteiger partial charge in [0.05, 0.1) is 20.8 Å². The van der Waals surface area contributed by atoms with Crippen molar-refractivity contribution in [3.8, 4) is 11.3 Å². The normalized spacial score (nSPS) is 17.2. The van der Waals surface area contributed by atoms with Gasteiger partial charge in [-0.1, -0.05) is 13.8 Å². The van der Waals surface area contributed by atoms with E-state index in [4.69, 9.17) is 0 Å². The molecule has 8 heteroatoms. The van der Waals surface area contributed by atoms with Crippen molar-refractivity contribution in [3.05, 3.63) is 40.7 Å². The third-order valence-electron chi connectivity index (χ3n) is 6.61. The Morgan fingerprint density at radius 3 is 2.88 bits per heavy atom. The zero-order chi connectivity index (χ0) is 23.3. The number of aromatic nitrogens is 4. The van der Waals surface area contributed by atoms with E-state index in [2.05, 4.69) is 71.9 Å². The quantitative estimate of drug-likeness (QED) is 0.455. The lowest BCUT2D eigenvalue weighted by Gasteiger charge is -2.37.